The van der Waals surface area contributed by atoms with Crippen molar-refractivity contribution >= 4 is 52.2 Å². The molecule has 8 heteroatoms. The number of nitrogens with zero attached hydrogens (tertiary/aromatic N) is 2. The second-order valence-corrected chi connectivity index (χ2v) is 5.28. The van der Waals surface area contributed by atoms with Gasteiger partial charge in [0.25, 0.3) is 0 Å². The number of aromatic nitrogens is 3. The van der Waals surface area contributed by atoms with Crippen LogP contribution in [0.15, 0.2) is 24.7 Å². The van der Waals surface area contributed by atoms with Crippen molar-refractivity contribution in [2.45, 2.75) is 6.54 Å². The number of hydrogen-bond donors (Lipinski definition) is 3. The second-order valence-electron chi connectivity index (χ2n) is 4.50. The van der Waals surface area contributed by atoms with Gasteiger partial charge in [0.2, 0.25) is 0 Å². The van der Waals surface area contributed by atoms with Gasteiger partial charge in [-0.05, 0) is 6.07 Å². The molecule has 0 radical (unpaired) electrons. The Morgan fingerprint density at radius 2 is 2.10 bits per heavy atom. The van der Waals surface area contributed by atoms with Crippen molar-refractivity contribution in [1.82, 2.24) is 14.8 Å². The van der Waals surface area contributed by atoms with Gasteiger partial charge in [0.05, 0.1) is 21.8 Å². The van der Waals surface area contributed by atoms with E-state index in [9.17, 15) is 0 Å². The molecule has 3 aromatic rings. The summed E-state index contributed by atoms with van der Waals surface area (Å²) < 4.78 is 1.97. The molecule has 0 aliphatic rings. The Kier molecular flexibility index (Phi) is 4.68. The SMILES string of the molecule is Cl.NCCn1cc(-c2cn[nH]c2)c2c(N)cc(Cl)c(Cl)c21. The quantitative estimate of drug-likeness (QED) is 0.636. The zero-order chi connectivity index (χ0) is 14.3. The maximum atomic E-state index is 6.34. The molecule has 3 rings (SSSR count). The molecule has 0 aliphatic carbocycles. The van der Waals surface area contributed by atoms with Gasteiger partial charge in [-0.15, -0.1) is 12.4 Å². The molecule has 2 heterocycles. The molecule has 5 N–H and O–H groups in total. The van der Waals surface area contributed by atoms with Crippen LogP contribution in [0.4, 0.5) is 5.69 Å². The van der Waals surface area contributed by atoms with Crippen molar-refractivity contribution in [3.8, 4) is 11.1 Å². The van der Waals surface area contributed by atoms with Gasteiger partial charge in [0.15, 0.2) is 0 Å². The van der Waals surface area contributed by atoms with Crippen molar-refractivity contribution in [3.63, 3.8) is 0 Å². The molecule has 0 saturated heterocycles. The monoisotopic (exact) mass is 345 g/mol. The Labute approximate surface area is 137 Å². The summed E-state index contributed by atoms with van der Waals surface area (Å²) in [5, 5.41) is 8.56. The Morgan fingerprint density at radius 3 is 2.71 bits per heavy atom. The van der Waals surface area contributed by atoms with Gasteiger partial charge in [0, 0.05) is 47.7 Å². The van der Waals surface area contributed by atoms with E-state index in [1.807, 2.05) is 17.0 Å². The summed E-state index contributed by atoms with van der Waals surface area (Å²) in [6, 6.07) is 1.67. The molecular formula is C13H14Cl3N5. The number of nitrogens with one attached hydrogen (secondary N) is 1. The predicted molar refractivity (Wildman–Crippen MR) is 90.3 cm³/mol. The van der Waals surface area contributed by atoms with Gasteiger partial charge >= 0.3 is 0 Å². The topological polar surface area (TPSA) is 85.7 Å². The maximum absolute atomic E-state index is 6.34. The molecule has 21 heavy (non-hydrogen) atoms. The third-order valence-electron chi connectivity index (χ3n) is 3.25. The first-order chi connectivity index (χ1) is 9.63. The van der Waals surface area contributed by atoms with E-state index in [-0.39, 0.29) is 12.4 Å². The first kappa shape index (κ1) is 16.0. The fourth-order valence-corrected chi connectivity index (χ4v) is 2.87. The number of halogens is 3. The Hall–Kier alpha value is -1.40. The van der Waals surface area contributed by atoms with Crippen LogP contribution in [0.5, 0.6) is 0 Å². The Bertz CT molecular complexity index is 764. The van der Waals surface area contributed by atoms with Crippen LogP contribution in [0.25, 0.3) is 22.0 Å². The summed E-state index contributed by atoms with van der Waals surface area (Å²) in [6.07, 6.45) is 5.52. The predicted octanol–water partition coefficient (Wildman–Crippen LogP) is 3.30. The molecule has 0 bridgehead atoms. The van der Waals surface area contributed by atoms with E-state index < -0.39 is 0 Å². The molecule has 2 aromatic heterocycles. The summed E-state index contributed by atoms with van der Waals surface area (Å²) >= 11 is 12.5. The van der Waals surface area contributed by atoms with E-state index in [1.165, 1.54) is 0 Å². The molecule has 0 amide bonds. The Morgan fingerprint density at radius 1 is 1.33 bits per heavy atom. The molecule has 112 valence electrons. The van der Waals surface area contributed by atoms with Gasteiger partial charge in [-0.3, -0.25) is 5.10 Å². The molecule has 0 saturated carbocycles. The van der Waals surface area contributed by atoms with Gasteiger partial charge in [0.1, 0.15) is 0 Å². The summed E-state index contributed by atoms with van der Waals surface area (Å²) in [5.74, 6) is 0. The van der Waals surface area contributed by atoms with Crippen LogP contribution < -0.4 is 11.5 Å². The first-order valence-electron chi connectivity index (χ1n) is 6.09. The van der Waals surface area contributed by atoms with E-state index in [4.69, 9.17) is 34.7 Å². The van der Waals surface area contributed by atoms with E-state index in [0.29, 0.717) is 28.8 Å². The lowest BCUT2D eigenvalue weighted by Gasteiger charge is -2.07. The van der Waals surface area contributed by atoms with Crippen molar-refractivity contribution < 1.29 is 0 Å². The standard InChI is InChI=1S/C13H13Cl2N5.ClH/c14-9-3-10(17)11-8(7-4-18-19-5-7)6-20(2-1-16)13(11)12(9)15;/h3-6H,1-2,16-17H2,(H,18,19);1H. The number of anilines is 1. The minimum atomic E-state index is 0. The summed E-state index contributed by atoms with van der Waals surface area (Å²) in [7, 11) is 0. The number of nitrogens with two attached hydrogens (primary N) is 2. The van der Waals surface area contributed by atoms with Crippen LogP contribution >= 0.6 is 35.6 Å². The average molecular weight is 347 g/mol. The molecule has 0 aliphatic heterocycles. The largest absolute Gasteiger partial charge is 0.398 e. The van der Waals surface area contributed by atoms with Crippen molar-refractivity contribution in [1.29, 1.82) is 0 Å². The lowest BCUT2D eigenvalue weighted by Crippen LogP contribution is -2.08. The van der Waals surface area contributed by atoms with E-state index >= 15 is 0 Å². The van der Waals surface area contributed by atoms with Crippen LogP contribution in [-0.4, -0.2) is 21.3 Å². The van der Waals surface area contributed by atoms with Crippen LogP contribution in [-0.2, 0) is 6.54 Å². The van der Waals surface area contributed by atoms with Gasteiger partial charge in [-0.25, -0.2) is 0 Å². The van der Waals surface area contributed by atoms with Crippen molar-refractivity contribution in [3.05, 3.63) is 34.7 Å². The summed E-state index contributed by atoms with van der Waals surface area (Å²) in [6.45, 7) is 1.13. The zero-order valence-electron chi connectivity index (χ0n) is 10.9. The van der Waals surface area contributed by atoms with Crippen LogP contribution in [0.2, 0.25) is 10.0 Å². The minimum absolute atomic E-state index is 0. The number of nitrogen functional groups attached to an aromatic ring is 1. The highest BCUT2D eigenvalue weighted by molar-refractivity contribution is 6.46. The Balaban J connectivity index is 0.00000161. The number of H-pyrrole nitrogens is 1. The molecular weight excluding hydrogens is 333 g/mol. The molecule has 0 fully saturated rings. The van der Waals surface area contributed by atoms with E-state index in [0.717, 1.165) is 22.0 Å². The number of benzene rings is 1. The fourth-order valence-electron chi connectivity index (χ4n) is 2.40. The molecule has 5 nitrogen and oxygen atoms in total. The fraction of sp³-hybridized carbons (Fsp3) is 0.154. The van der Waals surface area contributed by atoms with Crippen LogP contribution in [0.3, 0.4) is 0 Å². The first-order valence-corrected chi connectivity index (χ1v) is 6.84. The summed E-state index contributed by atoms with van der Waals surface area (Å²) in [5.41, 5.74) is 15.1. The zero-order valence-corrected chi connectivity index (χ0v) is 13.3. The van der Waals surface area contributed by atoms with Crippen molar-refractivity contribution in [2.24, 2.45) is 5.73 Å². The molecule has 1 aromatic carbocycles. The third kappa shape index (κ3) is 2.58. The highest BCUT2D eigenvalue weighted by Gasteiger charge is 2.18. The van der Waals surface area contributed by atoms with E-state index in [1.54, 1.807) is 12.3 Å². The number of fused-ring (bicyclic) bond motifs is 1. The van der Waals surface area contributed by atoms with Crippen LogP contribution in [0.1, 0.15) is 0 Å². The maximum Gasteiger partial charge on any atom is 0.0837 e. The highest BCUT2D eigenvalue weighted by Crippen LogP contribution is 2.41. The average Bonchev–Trinajstić information content (AvgIpc) is 3.03. The number of aromatic amines is 1. The smallest absolute Gasteiger partial charge is 0.0837 e. The normalized spacial score (nSPS) is 10.8. The highest BCUT2D eigenvalue weighted by atomic mass is 35.5. The molecule has 0 unspecified atom stereocenters. The van der Waals surface area contributed by atoms with Gasteiger partial charge < -0.3 is 16.0 Å². The number of rotatable bonds is 3. The second kappa shape index (κ2) is 6.15. The van der Waals surface area contributed by atoms with Crippen LogP contribution in [0, 0.1) is 0 Å². The van der Waals surface area contributed by atoms with E-state index in [2.05, 4.69) is 10.2 Å². The lowest BCUT2D eigenvalue weighted by molar-refractivity contribution is 0.736. The molecule has 0 spiro atoms. The van der Waals surface area contributed by atoms with Gasteiger partial charge in [-0.1, -0.05) is 23.2 Å². The summed E-state index contributed by atoms with van der Waals surface area (Å²) in [4.78, 5) is 0. The lowest BCUT2D eigenvalue weighted by atomic mass is 10.1. The third-order valence-corrected chi connectivity index (χ3v) is 4.02. The number of hydrogen-bond acceptors (Lipinski definition) is 3. The van der Waals surface area contributed by atoms with Crippen molar-refractivity contribution in [2.75, 3.05) is 12.3 Å². The molecule has 0 atom stereocenters. The minimum Gasteiger partial charge on any atom is -0.398 e. The van der Waals surface area contributed by atoms with Gasteiger partial charge in [-0.2, -0.15) is 5.10 Å².